The highest BCUT2D eigenvalue weighted by Gasteiger charge is 2.39. The van der Waals surface area contributed by atoms with Crippen LogP contribution in [0.1, 0.15) is 32.8 Å². The van der Waals surface area contributed by atoms with Gasteiger partial charge in [0.25, 0.3) is 5.56 Å². The van der Waals surface area contributed by atoms with Gasteiger partial charge in [-0.15, -0.1) is 0 Å². The van der Waals surface area contributed by atoms with Gasteiger partial charge < -0.3 is 23.2 Å². The SMILES string of the molecule is CCO[Si](CCCNC(=O)Cn1cccc(C)c1=O)(OCC)OCC. The van der Waals surface area contributed by atoms with Gasteiger partial charge in [-0.3, -0.25) is 9.59 Å². The smallest absolute Gasteiger partial charge is 0.374 e. The summed E-state index contributed by atoms with van der Waals surface area (Å²) in [5, 5.41) is 2.83. The van der Waals surface area contributed by atoms with Crippen molar-refractivity contribution in [1.29, 1.82) is 0 Å². The van der Waals surface area contributed by atoms with Gasteiger partial charge in [0.2, 0.25) is 5.91 Å². The van der Waals surface area contributed by atoms with Crippen LogP contribution in [0.15, 0.2) is 23.1 Å². The zero-order valence-electron chi connectivity index (χ0n) is 15.7. The van der Waals surface area contributed by atoms with E-state index >= 15 is 0 Å². The van der Waals surface area contributed by atoms with Crippen molar-refractivity contribution in [2.45, 2.75) is 46.7 Å². The number of hydrogen-bond acceptors (Lipinski definition) is 5. The highest BCUT2D eigenvalue weighted by Crippen LogP contribution is 2.17. The van der Waals surface area contributed by atoms with Crippen LogP contribution >= 0.6 is 0 Å². The second-order valence-corrected chi connectivity index (χ2v) is 8.29. The van der Waals surface area contributed by atoms with Crippen LogP contribution in [0.5, 0.6) is 0 Å². The van der Waals surface area contributed by atoms with E-state index in [1.165, 1.54) is 4.57 Å². The first-order valence-electron chi connectivity index (χ1n) is 8.82. The molecule has 1 aromatic rings. The Hall–Kier alpha value is -1.48. The van der Waals surface area contributed by atoms with Crippen molar-refractivity contribution in [2.24, 2.45) is 0 Å². The monoisotopic (exact) mass is 370 g/mol. The lowest BCUT2D eigenvalue weighted by atomic mass is 10.3. The van der Waals surface area contributed by atoms with Crippen molar-refractivity contribution in [3.05, 3.63) is 34.2 Å². The minimum atomic E-state index is -2.66. The molecule has 8 heteroatoms. The molecule has 0 aliphatic carbocycles. The van der Waals surface area contributed by atoms with Crippen LogP contribution in [0.25, 0.3) is 0 Å². The topological polar surface area (TPSA) is 78.8 Å². The standard InChI is InChI=1S/C17H30N2O5Si/c1-5-22-25(23-6-2,24-7-3)13-9-11-18-16(20)14-19-12-8-10-15(4)17(19)21/h8,10,12H,5-7,9,11,13-14H2,1-4H3,(H,18,20). The van der Waals surface area contributed by atoms with Gasteiger partial charge in [-0.25, -0.2) is 0 Å². The molecule has 1 amide bonds. The van der Waals surface area contributed by atoms with Crippen LogP contribution in [0.2, 0.25) is 6.04 Å². The zero-order valence-corrected chi connectivity index (χ0v) is 16.7. The quantitative estimate of drug-likeness (QED) is 0.448. The van der Waals surface area contributed by atoms with Gasteiger partial charge in [-0.05, 0) is 40.2 Å². The summed E-state index contributed by atoms with van der Waals surface area (Å²) in [5.74, 6) is -0.191. The molecular formula is C17H30N2O5Si. The first-order chi connectivity index (χ1) is 12.0. The fourth-order valence-electron chi connectivity index (χ4n) is 2.53. The highest BCUT2D eigenvalue weighted by atomic mass is 28.4. The molecule has 25 heavy (non-hydrogen) atoms. The molecule has 7 nitrogen and oxygen atoms in total. The molecule has 1 rings (SSSR count). The minimum Gasteiger partial charge on any atom is -0.374 e. The molecule has 0 atom stereocenters. The molecule has 0 saturated carbocycles. The molecule has 0 aliphatic rings. The van der Waals surface area contributed by atoms with Gasteiger partial charge >= 0.3 is 8.80 Å². The van der Waals surface area contributed by atoms with Crippen LogP contribution in [-0.4, -0.2) is 45.6 Å². The van der Waals surface area contributed by atoms with Crippen LogP contribution < -0.4 is 10.9 Å². The Morgan fingerprint density at radius 2 is 1.76 bits per heavy atom. The van der Waals surface area contributed by atoms with Crippen LogP contribution in [0.3, 0.4) is 0 Å². The van der Waals surface area contributed by atoms with E-state index in [-0.39, 0.29) is 18.0 Å². The average molecular weight is 371 g/mol. The average Bonchev–Trinajstić information content (AvgIpc) is 2.57. The van der Waals surface area contributed by atoms with Gasteiger partial charge in [-0.2, -0.15) is 0 Å². The molecule has 0 unspecified atom stereocenters. The lowest BCUT2D eigenvalue weighted by molar-refractivity contribution is -0.121. The Labute approximate surface area is 150 Å². The van der Waals surface area contributed by atoms with Gasteiger partial charge in [0.05, 0.1) is 0 Å². The summed E-state index contributed by atoms with van der Waals surface area (Å²) < 4.78 is 18.7. The molecule has 0 fully saturated rings. The summed E-state index contributed by atoms with van der Waals surface area (Å²) in [6, 6.07) is 4.14. The predicted molar refractivity (Wildman–Crippen MR) is 98.5 cm³/mol. The molecule has 0 saturated heterocycles. The van der Waals surface area contributed by atoms with Crippen molar-refractivity contribution in [2.75, 3.05) is 26.4 Å². The van der Waals surface area contributed by atoms with Crippen LogP contribution in [0.4, 0.5) is 0 Å². The van der Waals surface area contributed by atoms with E-state index in [0.29, 0.717) is 44.4 Å². The van der Waals surface area contributed by atoms with E-state index in [1.54, 1.807) is 25.3 Å². The third-order valence-electron chi connectivity index (χ3n) is 3.60. The third kappa shape index (κ3) is 7.11. The maximum Gasteiger partial charge on any atom is 0.500 e. The second-order valence-electron chi connectivity index (χ2n) is 5.56. The van der Waals surface area contributed by atoms with Gasteiger partial charge in [0.1, 0.15) is 6.54 Å². The number of nitrogens with one attached hydrogen (secondary N) is 1. The van der Waals surface area contributed by atoms with Gasteiger partial charge in [-0.1, -0.05) is 6.07 Å². The number of hydrogen-bond donors (Lipinski definition) is 1. The van der Waals surface area contributed by atoms with Crippen molar-refractivity contribution in [3.8, 4) is 0 Å². The van der Waals surface area contributed by atoms with E-state index in [2.05, 4.69) is 5.32 Å². The number of rotatable bonds is 12. The normalized spacial score (nSPS) is 11.5. The largest absolute Gasteiger partial charge is 0.500 e. The molecule has 0 radical (unpaired) electrons. The summed E-state index contributed by atoms with van der Waals surface area (Å²) in [6.45, 7) is 9.60. The molecule has 0 spiro atoms. The summed E-state index contributed by atoms with van der Waals surface area (Å²) in [4.78, 5) is 23.9. The second kappa shape index (κ2) is 11.2. The Balaban J connectivity index is 2.48. The number of carbonyl (C=O) groups is 1. The minimum absolute atomic E-state index is 0.0193. The third-order valence-corrected chi connectivity index (χ3v) is 6.75. The molecular weight excluding hydrogens is 340 g/mol. The summed E-state index contributed by atoms with van der Waals surface area (Å²) in [7, 11) is -2.66. The van der Waals surface area contributed by atoms with Gasteiger partial charge in [0, 0.05) is 44.2 Å². The first-order valence-corrected chi connectivity index (χ1v) is 10.8. The Morgan fingerprint density at radius 3 is 2.32 bits per heavy atom. The fraction of sp³-hybridized carbons (Fsp3) is 0.647. The van der Waals surface area contributed by atoms with Crippen molar-refractivity contribution < 1.29 is 18.1 Å². The number of aromatic nitrogens is 1. The van der Waals surface area contributed by atoms with Gasteiger partial charge in [0.15, 0.2) is 0 Å². The summed E-state index contributed by atoms with van der Waals surface area (Å²) >= 11 is 0. The van der Waals surface area contributed by atoms with E-state index in [4.69, 9.17) is 13.3 Å². The van der Waals surface area contributed by atoms with E-state index < -0.39 is 8.80 Å². The van der Waals surface area contributed by atoms with Crippen molar-refractivity contribution >= 4 is 14.7 Å². The van der Waals surface area contributed by atoms with Crippen molar-refractivity contribution in [1.82, 2.24) is 9.88 Å². The number of nitrogens with zero attached hydrogens (tertiary/aromatic N) is 1. The maximum atomic E-state index is 12.0. The maximum absolute atomic E-state index is 12.0. The van der Waals surface area contributed by atoms with E-state index in [0.717, 1.165) is 0 Å². The van der Waals surface area contributed by atoms with Crippen LogP contribution in [0, 0.1) is 6.92 Å². The molecule has 0 bridgehead atoms. The Bertz CT molecular complexity index is 574. The number of carbonyl (C=O) groups excluding carboxylic acids is 1. The Kier molecular flexibility index (Phi) is 9.65. The molecule has 1 N–H and O–H groups in total. The molecule has 1 heterocycles. The molecule has 142 valence electrons. The number of pyridine rings is 1. The van der Waals surface area contributed by atoms with Crippen molar-refractivity contribution in [3.63, 3.8) is 0 Å². The summed E-state index contributed by atoms with van der Waals surface area (Å²) in [5.41, 5.74) is 0.476. The van der Waals surface area contributed by atoms with E-state index in [1.807, 2.05) is 20.8 Å². The lowest BCUT2D eigenvalue weighted by Gasteiger charge is -2.28. The van der Waals surface area contributed by atoms with Crippen LogP contribution in [-0.2, 0) is 24.6 Å². The number of aryl methyl sites for hydroxylation is 1. The number of amides is 1. The first kappa shape index (κ1) is 21.6. The van der Waals surface area contributed by atoms with E-state index in [9.17, 15) is 9.59 Å². The highest BCUT2D eigenvalue weighted by molar-refractivity contribution is 6.60. The molecule has 0 aliphatic heterocycles. The fourth-order valence-corrected chi connectivity index (χ4v) is 5.14. The Morgan fingerprint density at radius 1 is 1.16 bits per heavy atom. The predicted octanol–water partition coefficient (Wildman–Crippen LogP) is 1.71. The molecule has 1 aromatic heterocycles. The summed E-state index contributed by atoms with van der Waals surface area (Å²) in [6.07, 6.45) is 2.31. The molecule has 0 aromatic carbocycles. The zero-order chi connectivity index (χ0) is 18.7. The lowest BCUT2D eigenvalue weighted by Crippen LogP contribution is -2.46.